The number of carbonyl (C=O) groups excluding carboxylic acids is 2. The number of hydrogen-bond acceptors (Lipinski definition) is 12. The number of likely N-dealkylation sites (tertiary alicyclic amines) is 1. The first-order chi connectivity index (χ1) is 30.1. The lowest BCUT2D eigenvalue weighted by molar-refractivity contribution is -0.214. The molecule has 4 aliphatic heterocycles. The smallest absolute Gasteiger partial charge is 0.406 e. The SMILES string of the molecule is COC(C)c1ncc(N2CCN(C3CC3)CC2)cc1-c1c(CC(C)(C)COC=O)c2cc(N(CCO)CC(C)(C(=O)N3CCCCN3)N3CC4(COC4)C3)ccc2n1CC(F)(F)F. The molecule has 6 heterocycles. The third-order valence-corrected chi connectivity index (χ3v) is 13.9. The number of aliphatic hydroxyl groups excluding tert-OH is 1. The maximum Gasteiger partial charge on any atom is 0.406 e. The van der Waals surface area contributed by atoms with E-state index in [4.69, 9.17) is 19.2 Å². The normalized spacial score (nSPS) is 21.2. The highest BCUT2D eigenvalue weighted by molar-refractivity contribution is 5.95. The van der Waals surface area contributed by atoms with E-state index in [0.29, 0.717) is 91.0 Å². The minimum Gasteiger partial charge on any atom is -0.467 e. The molecule has 14 nitrogen and oxygen atoms in total. The molecular weight excluding hydrogens is 818 g/mol. The van der Waals surface area contributed by atoms with Gasteiger partial charge in [0.1, 0.15) is 12.1 Å². The lowest BCUT2D eigenvalue weighted by atomic mass is 9.74. The van der Waals surface area contributed by atoms with E-state index in [1.54, 1.807) is 30.4 Å². The van der Waals surface area contributed by atoms with Gasteiger partial charge >= 0.3 is 6.18 Å². The molecule has 2 N–H and O–H groups in total. The van der Waals surface area contributed by atoms with Gasteiger partial charge in [0, 0.05) is 112 Å². The Morgan fingerprint density at radius 2 is 1.84 bits per heavy atom. The summed E-state index contributed by atoms with van der Waals surface area (Å²) in [4.78, 5) is 40.0. The maximum atomic E-state index is 15.0. The van der Waals surface area contributed by atoms with Gasteiger partial charge in [0.25, 0.3) is 12.4 Å². The Bertz CT molecular complexity index is 2100. The molecule has 0 bridgehead atoms. The fourth-order valence-electron chi connectivity index (χ4n) is 10.2. The van der Waals surface area contributed by atoms with Crippen LogP contribution in [0.15, 0.2) is 30.5 Å². The monoisotopic (exact) mass is 882 g/mol. The van der Waals surface area contributed by atoms with E-state index in [1.165, 1.54) is 17.4 Å². The molecule has 346 valence electrons. The van der Waals surface area contributed by atoms with Crippen molar-refractivity contribution in [3.8, 4) is 11.3 Å². The van der Waals surface area contributed by atoms with E-state index in [-0.39, 0.29) is 44.0 Å². The average Bonchev–Trinajstić information content (AvgIpc) is 4.05. The van der Waals surface area contributed by atoms with Crippen molar-refractivity contribution in [2.75, 3.05) is 109 Å². The van der Waals surface area contributed by atoms with Gasteiger partial charge in [-0.1, -0.05) is 13.8 Å². The number of nitrogens with one attached hydrogen (secondary N) is 1. The number of carbonyl (C=O) groups is 2. The second kappa shape index (κ2) is 18.1. The molecule has 1 amide bonds. The van der Waals surface area contributed by atoms with Crippen LogP contribution in [-0.2, 0) is 36.8 Å². The number of methoxy groups -OCH3 is 1. The molecule has 1 aliphatic carbocycles. The van der Waals surface area contributed by atoms with Gasteiger partial charge in [-0.05, 0) is 75.8 Å². The highest BCUT2D eigenvalue weighted by atomic mass is 19.4. The standard InChI is InChI=1S/C46H65F3N8O6/c1-32(61-5)40-37(21-35(23-50-40)53-16-14-52(15-17-53)33-8-9-33)41-38(22-43(2,3)28-63-31-59)36-20-34(10-11-39(36)56(41)27-46(47,48)49)54(18-19-58)24-44(4,42(60)57-13-7-6-12-51-57)55-25-45(26-55)29-62-30-45/h10-11,20-21,23,31-33,51,58H,6-9,12-19,22,24-30H2,1-5H3. The topological polar surface area (TPSA) is 128 Å². The van der Waals surface area contributed by atoms with E-state index < -0.39 is 29.8 Å². The maximum absolute atomic E-state index is 15.0. The number of ether oxygens (including phenoxy) is 3. The Labute approximate surface area is 368 Å². The van der Waals surface area contributed by atoms with E-state index in [1.807, 2.05) is 44.7 Å². The molecule has 1 saturated carbocycles. The first-order valence-electron chi connectivity index (χ1n) is 22.6. The molecule has 4 saturated heterocycles. The number of rotatable bonds is 18. The Hall–Kier alpha value is -4.00. The number of halogens is 3. The number of amides is 1. The van der Waals surface area contributed by atoms with E-state index in [2.05, 4.69) is 20.1 Å². The van der Waals surface area contributed by atoms with Crippen LogP contribution in [0.1, 0.15) is 70.7 Å². The Morgan fingerprint density at radius 3 is 2.44 bits per heavy atom. The zero-order chi connectivity index (χ0) is 44.7. The summed E-state index contributed by atoms with van der Waals surface area (Å²) in [5.41, 5.74) is 5.58. The molecule has 63 heavy (non-hydrogen) atoms. The number of fused-ring (bicyclic) bond motifs is 1. The molecule has 1 spiro atoms. The van der Waals surface area contributed by atoms with Gasteiger partial charge in [0.05, 0.1) is 55.8 Å². The van der Waals surface area contributed by atoms with E-state index in [9.17, 15) is 27.9 Å². The van der Waals surface area contributed by atoms with Crippen LogP contribution in [0.25, 0.3) is 22.2 Å². The highest BCUT2D eigenvalue weighted by Gasteiger charge is 2.57. The first-order valence-corrected chi connectivity index (χ1v) is 22.6. The summed E-state index contributed by atoms with van der Waals surface area (Å²) in [5, 5.41) is 12.9. The lowest BCUT2D eigenvalue weighted by Gasteiger charge is -2.61. The van der Waals surface area contributed by atoms with E-state index >= 15 is 0 Å². The van der Waals surface area contributed by atoms with Crippen LogP contribution in [0, 0.1) is 10.8 Å². The zero-order valence-electron chi connectivity index (χ0n) is 37.5. The number of aromatic nitrogens is 2. The summed E-state index contributed by atoms with van der Waals surface area (Å²) in [6.45, 7) is 14.4. The molecule has 17 heteroatoms. The quantitative estimate of drug-likeness (QED) is 0.167. The van der Waals surface area contributed by atoms with Crippen molar-refractivity contribution < 1.29 is 42.1 Å². The molecule has 5 aliphatic rings. The van der Waals surface area contributed by atoms with Gasteiger partial charge in [-0.2, -0.15) is 13.2 Å². The predicted molar refractivity (Wildman–Crippen MR) is 234 cm³/mol. The van der Waals surface area contributed by atoms with Gasteiger partial charge in [-0.3, -0.25) is 29.4 Å². The number of anilines is 2. The van der Waals surface area contributed by atoms with Crippen molar-refractivity contribution >= 4 is 34.7 Å². The van der Waals surface area contributed by atoms with Gasteiger partial charge in [0.15, 0.2) is 0 Å². The molecule has 1 aromatic carbocycles. The number of pyridine rings is 1. The Morgan fingerprint density at radius 1 is 1.10 bits per heavy atom. The van der Waals surface area contributed by atoms with Crippen molar-refractivity contribution in [1.82, 2.24) is 29.8 Å². The van der Waals surface area contributed by atoms with Crippen molar-refractivity contribution in [1.29, 1.82) is 0 Å². The highest BCUT2D eigenvalue weighted by Crippen LogP contribution is 2.46. The van der Waals surface area contributed by atoms with Gasteiger partial charge in [-0.25, -0.2) is 5.43 Å². The van der Waals surface area contributed by atoms with Crippen LogP contribution in [-0.4, -0.2) is 159 Å². The minimum atomic E-state index is -4.59. The number of nitrogens with zero attached hydrogens (tertiary/aromatic N) is 7. The summed E-state index contributed by atoms with van der Waals surface area (Å²) >= 11 is 0. The number of benzene rings is 1. The molecule has 3 aromatic rings. The summed E-state index contributed by atoms with van der Waals surface area (Å²) in [6, 6.07) is 8.05. The number of alkyl halides is 3. The minimum absolute atomic E-state index is 0.0287. The van der Waals surface area contributed by atoms with Crippen molar-refractivity contribution in [2.24, 2.45) is 10.8 Å². The number of piperazine rings is 1. The number of hydrazine groups is 1. The molecular formula is C46H65F3N8O6. The van der Waals surface area contributed by atoms with Crippen LogP contribution in [0.5, 0.6) is 0 Å². The Balaban J connectivity index is 1.27. The number of aliphatic hydroxyl groups is 1. The van der Waals surface area contributed by atoms with Crippen LogP contribution in [0.4, 0.5) is 24.5 Å². The average molecular weight is 883 g/mol. The molecule has 8 rings (SSSR count). The second-order valence-corrected chi connectivity index (χ2v) is 19.6. The predicted octanol–water partition coefficient (Wildman–Crippen LogP) is 5.02. The third-order valence-electron chi connectivity index (χ3n) is 13.9. The van der Waals surface area contributed by atoms with Crippen LogP contribution in [0.3, 0.4) is 0 Å². The number of hydrogen-bond donors (Lipinski definition) is 2. The van der Waals surface area contributed by atoms with Crippen molar-refractivity contribution in [3.05, 3.63) is 41.7 Å². The fraction of sp³-hybridized carbons (Fsp3) is 0.674. The summed E-state index contributed by atoms with van der Waals surface area (Å²) < 4.78 is 63.0. The van der Waals surface area contributed by atoms with Crippen LogP contribution >= 0.6 is 0 Å². The van der Waals surface area contributed by atoms with Crippen LogP contribution < -0.4 is 15.2 Å². The second-order valence-electron chi connectivity index (χ2n) is 19.6. The molecule has 2 aromatic heterocycles. The van der Waals surface area contributed by atoms with Gasteiger partial charge in [-0.15, -0.1) is 0 Å². The summed E-state index contributed by atoms with van der Waals surface area (Å²) in [6.07, 6.45) is 1.22. The Kier molecular flexibility index (Phi) is 13.1. The molecule has 2 atom stereocenters. The lowest BCUT2D eigenvalue weighted by Crippen LogP contribution is -2.76. The van der Waals surface area contributed by atoms with Crippen molar-refractivity contribution in [3.63, 3.8) is 0 Å². The largest absolute Gasteiger partial charge is 0.467 e. The van der Waals surface area contributed by atoms with E-state index in [0.717, 1.165) is 44.7 Å². The summed E-state index contributed by atoms with van der Waals surface area (Å²) in [7, 11) is 1.56. The van der Waals surface area contributed by atoms with Crippen molar-refractivity contribution in [2.45, 2.75) is 90.2 Å². The third kappa shape index (κ3) is 9.55. The van der Waals surface area contributed by atoms with Gasteiger partial charge < -0.3 is 33.7 Å². The fourth-order valence-corrected chi connectivity index (χ4v) is 10.2. The van der Waals surface area contributed by atoms with Crippen LogP contribution in [0.2, 0.25) is 0 Å². The molecule has 5 fully saturated rings. The summed E-state index contributed by atoms with van der Waals surface area (Å²) in [5.74, 6) is -0.0568. The van der Waals surface area contributed by atoms with Gasteiger partial charge in [0.2, 0.25) is 0 Å². The zero-order valence-corrected chi connectivity index (χ0v) is 37.5. The first kappa shape index (κ1) is 45.6. The molecule has 2 unspecified atom stereocenters. The molecule has 0 radical (unpaired) electrons.